The van der Waals surface area contributed by atoms with Crippen LogP contribution in [0, 0.1) is 17.5 Å². The van der Waals surface area contributed by atoms with Crippen LogP contribution >= 0.6 is 0 Å². The van der Waals surface area contributed by atoms with E-state index < -0.39 is 27.2 Å². The zero-order valence-corrected chi connectivity index (χ0v) is 28.5. The second-order valence-electron chi connectivity index (χ2n) is 13.9. The first kappa shape index (κ1) is 32.5. The molecule has 2 N–H and O–H groups in total. The lowest BCUT2D eigenvalue weighted by molar-refractivity contribution is 0.185. The predicted octanol–water partition coefficient (Wildman–Crippen LogP) is 5.79. The lowest BCUT2D eigenvalue weighted by atomic mass is 9.91. The van der Waals surface area contributed by atoms with Crippen molar-refractivity contribution in [2.75, 3.05) is 49.7 Å². The summed E-state index contributed by atoms with van der Waals surface area (Å²) in [7, 11) is -0.478. The maximum Gasteiger partial charge on any atom is 0.319 e. The van der Waals surface area contributed by atoms with Crippen molar-refractivity contribution in [3.05, 3.63) is 53.3 Å². The Morgan fingerprint density at radius 3 is 2.45 bits per heavy atom. The monoisotopic (exact) mass is 694 g/mol. The molecular weight excluding hydrogens is 653 g/mol. The van der Waals surface area contributed by atoms with E-state index in [1.165, 1.54) is 30.3 Å². The molecule has 9 nitrogen and oxygen atoms in total. The number of hydrogen-bond acceptors (Lipinski definition) is 9. The highest BCUT2D eigenvalue weighted by Gasteiger charge is 2.41. The number of aryl methyl sites for hydroxylation is 1. The van der Waals surface area contributed by atoms with Gasteiger partial charge in [-0.3, -0.25) is 4.90 Å². The Morgan fingerprint density at radius 1 is 1.02 bits per heavy atom. The Morgan fingerprint density at radius 2 is 1.76 bits per heavy atom. The molecule has 0 spiro atoms. The van der Waals surface area contributed by atoms with Crippen molar-refractivity contribution in [3.8, 4) is 22.9 Å². The first-order valence-electron chi connectivity index (χ1n) is 17.3. The van der Waals surface area contributed by atoms with Gasteiger partial charge in [0.15, 0.2) is 5.82 Å². The van der Waals surface area contributed by atoms with E-state index in [2.05, 4.69) is 24.5 Å². The SMILES string of the molecule is CCc1c(F)ccc2cc(O)cc(-c3c(F)cc4c(N5CC6CCC(C5)N6)nc(OCCCN5C6CCC5CS(=O)(=NC)C6)nc4c3F)c12. The summed E-state index contributed by atoms with van der Waals surface area (Å²) in [5.74, 6) is -0.828. The third kappa shape index (κ3) is 5.77. The van der Waals surface area contributed by atoms with Gasteiger partial charge in [-0.1, -0.05) is 13.0 Å². The third-order valence-corrected chi connectivity index (χ3v) is 13.4. The molecule has 0 radical (unpaired) electrons. The van der Waals surface area contributed by atoms with E-state index in [0.29, 0.717) is 59.6 Å². The number of aromatic hydroxyl groups is 1. The van der Waals surface area contributed by atoms with Gasteiger partial charge in [-0.05, 0) is 84.7 Å². The summed E-state index contributed by atoms with van der Waals surface area (Å²) in [5.41, 5.74) is -0.119. The van der Waals surface area contributed by atoms with Gasteiger partial charge in [0.1, 0.15) is 28.7 Å². The second-order valence-corrected chi connectivity index (χ2v) is 16.5. The molecule has 0 saturated carbocycles. The molecule has 1 aromatic heterocycles. The molecule has 0 aliphatic carbocycles. The molecule has 3 aromatic carbocycles. The minimum absolute atomic E-state index is 0.000292. The predicted molar refractivity (Wildman–Crippen MR) is 185 cm³/mol. The van der Waals surface area contributed by atoms with E-state index in [1.807, 2.05) is 0 Å². The normalized spacial score (nSPS) is 26.6. The summed E-state index contributed by atoms with van der Waals surface area (Å²) in [6.07, 6.45) is 5.02. The number of nitrogens with one attached hydrogen (secondary N) is 1. The number of piperazine rings is 1. The zero-order chi connectivity index (χ0) is 34.0. The molecule has 13 heteroatoms. The first-order chi connectivity index (χ1) is 23.6. The molecule has 49 heavy (non-hydrogen) atoms. The van der Waals surface area contributed by atoms with Crippen LogP contribution in [0.5, 0.6) is 11.8 Å². The Kier molecular flexibility index (Phi) is 8.35. The van der Waals surface area contributed by atoms with Gasteiger partial charge in [-0.15, -0.1) is 0 Å². The number of anilines is 1. The van der Waals surface area contributed by atoms with Crippen LogP contribution in [0.4, 0.5) is 19.0 Å². The van der Waals surface area contributed by atoms with E-state index in [-0.39, 0.29) is 64.6 Å². The summed E-state index contributed by atoms with van der Waals surface area (Å²) >= 11 is 0. The van der Waals surface area contributed by atoms with Crippen molar-refractivity contribution in [2.24, 2.45) is 4.36 Å². The second kappa shape index (κ2) is 12.6. The van der Waals surface area contributed by atoms with E-state index in [9.17, 15) is 13.7 Å². The molecule has 260 valence electrons. The molecule has 5 heterocycles. The van der Waals surface area contributed by atoms with Crippen LogP contribution in [0.25, 0.3) is 32.8 Å². The highest BCUT2D eigenvalue weighted by Crippen LogP contribution is 2.42. The molecule has 4 atom stereocenters. The Hall–Kier alpha value is -3.68. The Labute approximate surface area is 284 Å². The van der Waals surface area contributed by atoms with E-state index in [0.717, 1.165) is 32.2 Å². The number of phenolic OH excluding ortho intramolecular Hbond substituents is 1. The van der Waals surface area contributed by atoms with Gasteiger partial charge < -0.3 is 20.1 Å². The van der Waals surface area contributed by atoms with Gasteiger partial charge in [-0.2, -0.15) is 9.97 Å². The summed E-state index contributed by atoms with van der Waals surface area (Å²) < 4.78 is 71.5. The van der Waals surface area contributed by atoms with Crippen LogP contribution < -0.4 is 15.0 Å². The fraction of sp³-hybridized carbons (Fsp3) is 0.500. The molecule has 4 unspecified atom stereocenters. The molecule has 0 amide bonds. The van der Waals surface area contributed by atoms with Crippen molar-refractivity contribution in [1.82, 2.24) is 20.2 Å². The van der Waals surface area contributed by atoms with Crippen molar-refractivity contribution < 1.29 is 27.2 Å². The van der Waals surface area contributed by atoms with Crippen LogP contribution in [0.2, 0.25) is 0 Å². The third-order valence-electron chi connectivity index (χ3n) is 10.9. The minimum Gasteiger partial charge on any atom is -0.508 e. The molecule has 4 fully saturated rings. The van der Waals surface area contributed by atoms with Gasteiger partial charge in [0.05, 0.1) is 12.2 Å². The van der Waals surface area contributed by atoms with Crippen LogP contribution in [0.1, 0.15) is 44.6 Å². The van der Waals surface area contributed by atoms with Crippen molar-refractivity contribution >= 4 is 37.2 Å². The number of hydrogen-bond donors (Lipinski definition) is 2. The van der Waals surface area contributed by atoms with Gasteiger partial charge >= 0.3 is 6.01 Å². The molecular formula is C36H41F3N6O3S. The fourth-order valence-electron chi connectivity index (χ4n) is 8.69. The number of halogens is 3. The van der Waals surface area contributed by atoms with Crippen LogP contribution in [0.15, 0.2) is 34.7 Å². The van der Waals surface area contributed by atoms with Crippen LogP contribution in [0.3, 0.4) is 0 Å². The molecule has 4 saturated heterocycles. The Bertz CT molecular complexity index is 2060. The number of ether oxygens (including phenoxy) is 1. The topological polar surface area (TPSA) is 103 Å². The summed E-state index contributed by atoms with van der Waals surface area (Å²) in [6.45, 7) is 4.09. The summed E-state index contributed by atoms with van der Waals surface area (Å²) in [4.78, 5) is 13.7. The number of rotatable bonds is 8. The van der Waals surface area contributed by atoms with Crippen molar-refractivity contribution in [1.29, 1.82) is 0 Å². The number of fused-ring (bicyclic) bond motifs is 6. The first-order valence-corrected chi connectivity index (χ1v) is 19.1. The maximum atomic E-state index is 16.9. The van der Waals surface area contributed by atoms with E-state index in [1.54, 1.807) is 14.0 Å². The maximum absolute atomic E-state index is 16.9. The van der Waals surface area contributed by atoms with Crippen molar-refractivity contribution in [2.45, 2.75) is 69.6 Å². The number of benzene rings is 3. The minimum atomic E-state index is -2.13. The summed E-state index contributed by atoms with van der Waals surface area (Å²) in [6, 6.07) is 7.80. The molecule has 4 aliphatic heterocycles. The fourth-order valence-corrected chi connectivity index (χ4v) is 11.0. The molecule has 8 rings (SSSR count). The lowest BCUT2D eigenvalue weighted by Gasteiger charge is -2.36. The van der Waals surface area contributed by atoms with Gasteiger partial charge in [0.25, 0.3) is 0 Å². The van der Waals surface area contributed by atoms with E-state index in [4.69, 9.17) is 9.72 Å². The van der Waals surface area contributed by atoms with Crippen LogP contribution in [-0.2, 0) is 16.1 Å². The van der Waals surface area contributed by atoms with Crippen molar-refractivity contribution in [3.63, 3.8) is 0 Å². The molecule has 4 bridgehead atoms. The Balaban J connectivity index is 1.16. The molecule has 4 aliphatic rings. The number of nitrogens with zero attached hydrogens (tertiary/aromatic N) is 5. The van der Waals surface area contributed by atoms with Gasteiger partial charge in [0.2, 0.25) is 0 Å². The van der Waals surface area contributed by atoms with E-state index >= 15 is 8.78 Å². The van der Waals surface area contributed by atoms with Gasteiger partial charge in [-0.25, -0.2) is 21.7 Å². The number of phenols is 1. The van der Waals surface area contributed by atoms with Gasteiger partial charge in [0, 0.05) is 77.5 Å². The zero-order valence-electron chi connectivity index (χ0n) is 27.7. The average Bonchev–Trinajstić information content (AvgIpc) is 3.55. The number of aromatic nitrogens is 2. The highest BCUT2D eigenvalue weighted by molar-refractivity contribution is 7.93. The summed E-state index contributed by atoms with van der Waals surface area (Å²) in [5, 5.41) is 15.2. The largest absolute Gasteiger partial charge is 0.508 e. The average molecular weight is 695 g/mol. The lowest BCUT2D eigenvalue weighted by Crippen LogP contribution is -2.51. The highest BCUT2D eigenvalue weighted by atomic mass is 32.2. The standard InChI is InChI=1S/C36H41F3N6O3S/c1-3-26-29(37)10-5-20-13-25(46)14-27(31(20)26)32-30(38)15-28-34(33(32)39)42-36(43-35(28)44-16-21-6-7-22(17-44)41-21)48-12-4-11-45-23-8-9-24(45)19-49(47,18-23)40-2/h5,10,13-15,21-24,41,46H,3-4,6-9,11-12,16-19H2,1-2H3. The smallest absolute Gasteiger partial charge is 0.319 e. The molecule has 4 aromatic rings. The quantitative estimate of drug-likeness (QED) is 0.224. The van der Waals surface area contributed by atoms with Crippen LogP contribution in [-0.4, -0.2) is 93.1 Å².